The lowest BCUT2D eigenvalue weighted by Gasteiger charge is -2.49. The van der Waals surface area contributed by atoms with Crippen molar-refractivity contribution >= 4 is 0 Å². The van der Waals surface area contributed by atoms with Crippen LogP contribution in [0.15, 0.2) is 0 Å². The third-order valence-corrected chi connectivity index (χ3v) is 14.5. The van der Waals surface area contributed by atoms with Gasteiger partial charge in [-0.3, -0.25) is 0 Å². The van der Waals surface area contributed by atoms with Crippen LogP contribution in [0.2, 0.25) is 0 Å². The maximum absolute atomic E-state index is 11.3. The molecule has 0 bridgehead atoms. The standard InChI is InChI=1S/C42H72O36/c43-1-8-15(49)17(51)25(59)38(68-8)75-33-11(4-46)70-41(28(62)21(33)55)77-35-13(6-48)72-42(30(64)23(35)57)78-34-12(5-47)71-40(29(63)22(34)56)76-32-10(3-45)69-37(27(61)20(32)54)66-7-14-16(50)18(52)26(60)39(73-14)74-31-9(2-44)67-36(65)24(58)19(31)53/h8-65H,1-7H2/t8-,9-,10-,11-,12-,13-,14-,15-,16-,17+,18+,19-,20-,21-,22-,23-,24-,25-,26-,27-,28-,29-,30-,31-,32-,33-,34-,35-,36?,37+,38-,39-,40-,41-,42-/m1/s1. The van der Waals surface area contributed by atoms with Crippen molar-refractivity contribution in [3.8, 4) is 0 Å². The fourth-order valence-corrected chi connectivity index (χ4v) is 9.90. The summed E-state index contributed by atoms with van der Waals surface area (Å²) >= 11 is 0. The van der Waals surface area contributed by atoms with Crippen LogP contribution < -0.4 is 0 Å². The number of ether oxygens (including phenoxy) is 13. The van der Waals surface area contributed by atoms with Crippen molar-refractivity contribution in [2.75, 3.05) is 46.2 Å². The van der Waals surface area contributed by atoms with Gasteiger partial charge >= 0.3 is 0 Å². The Morgan fingerprint density at radius 2 is 0.449 bits per heavy atom. The molecule has 78 heavy (non-hydrogen) atoms. The van der Waals surface area contributed by atoms with Crippen LogP contribution in [0.25, 0.3) is 0 Å². The van der Waals surface area contributed by atoms with Gasteiger partial charge in [-0.05, 0) is 0 Å². The molecule has 456 valence electrons. The highest BCUT2D eigenvalue weighted by Crippen LogP contribution is 2.37. The molecule has 7 rings (SSSR count). The Balaban J connectivity index is 0.935. The first-order valence-corrected chi connectivity index (χ1v) is 24.7. The molecule has 7 aliphatic rings. The molecule has 7 heterocycles. The highest BCUT2D eigenvalue weighted by Gasteiger charge is 2.58. The van der Waals surface area contributed by atoms with Crippen LogP contribution in [-0.4, -0.2) is 379 Å². The molecule has 36 heteroatoms. The van der Waals surface area contributed by atoms with E-state index in [0.717, 1.165) is 0 Å². The number of hydrogen-bond donors (Lipinski definition) is 23. The van der Waals surface area contributed by atoms with E-state index in [2.05, 4.69) is 0 Å². The molecule has 36 nitrogen and oxygen atoms in total. The maximum Gasteiger partial charge on any atom is 0.187 e. The van der Waals surface area contributed by atoms with Crippen LogP contribution in [0.1, 0.15) is 0 Å². The molecule has 7 aliphatic heterocycles. The lowest BCUT2D eigenvalue weighted by Crippen LogP contribution is -2.68. The first kappa shape index (κ1) is 64.1. The summed E-state index contributed by atoms with van der Waals surface area (Å²) in [5.74, 6) is 0. The zero-order chi connectivity index (χ0) is 57.3. The van der Waals surface area contributed by atoms with Crippen LogP contribution in [0.5, 0.6) is 0 Å². The Kier molecular flexibility index (Phi) is 22.6. The normalized spacial score (nSPS) is 53.5. The fourth-order valence-electron chi connectivity index (χ4n) is 9.90. The summed E-state index contributed by atoms with van der Waals surface area (Å²) in [7, 11) is 0. The molecule has 23 N–H and O–H groups in total. The second-order valence-electron chi connectivity index (χ2n) is 19.6. The fraction of sp³-hybridized carbons (Fsp3) is 1.00. The van der Waals surface area contributed by atoms with Gasteiger partial charge in [-0.25, -0.2) is 0 Å². The number of rotatable bonds is 19. The number of aliphatic hydroxyl groups excluding tert-OH is 23. The molecule has 1 unspecified atom stereocenters. The van der Waals surface area contributed by atoms with E-state index in [1.54, 1.807) is 0 Å². The molecule has 0 amide bonds. The molecule has 0 aliphatic carbocycles. The van der Waals surface area contributed by atoms with Crippen molar-refractivity contribution in [2.45, 2.75) is 215 Å². The monoisotopic (exact) mass is 1150 g/mol. The molecule has 0 saturated carbocycles. The van der Waals surface area contributed by atoms with Crippen molar-refractivity contribution < 1.29 is 179 Å². The predicted molar refractivity (Wildman–Crippen MR) is 232 cm³/mol. The van der Waals surface area contributed by atoms with E-state index >= 15 is 0 Å². The van der Waals surface area contributed by atoms with Gasteiger partial charge < -0.3 is 179 Å². The minimum Gasteiger partial charge on any atom is -0.394 e. The SMILES string of the molecule is OC[C@H]1O[C@H](O[C@H]2[C@H](O)[C@@H](O)[C@@H](O[C@H]3[C@H](O)[C@@H](O)[C@@H](O[C@H]4[C@H](O)[C@@H](O)[C@@H](O[C@H]5[C@H](O)[C@@H](O)[C@@H](OC[C@H]6O[C@H](O[C@H]7[C@H](O)[C@@H](O)C(O)O[C@@H]7CO)[C@H](O)[C@@H](O)[C@@H]6O)O[C@@H]5CO)O[C@@H]4CO)O[C@@H]3CO)O[C@@H]2CO)[C@H](O)[C@@H](O)[C@@H]1O. The molecule has 0 aromatic carbocycles. The number of aliphatic hydroxyl groups is 23. The molecular weight excluding hydrogens is 1080 g/mol. The van der Waals surface area contributed by atoms with Gasteiger partial charge in [0.1, 0.15) is 171 Å². The molecule has 35 atom stereocenters. The van der Waals surface area contributed by atoms with Gasteiger partial charge in [0.2, 0.25) is 0 Å². The zero-order valence-corrected chi connectivity index (χ0v) is 40.8. The third kappa shape index (κ3) is 13.1. The van der Waals surface area contributed by atoms with E-state index < -0.39 is 261 Å². The van der Waals surface area contributed by atoms with E-state index in [0.29, 0.717) is 0 Å². The van der Waals surface area contributed by atoms with E-state index in [-0.39, 0.29) is 0 Å². The van der Waals surface area contributed by atoms with Crippen LogP contribution in [0, 0.1) is 0 Å². The van der Waals surface area contributed by atoms with Gasteiger partial charge in [0.15, 0.2) is 44.0 Å². The molecule has 0 aromatic rings. The largest absolute Gasteiger partial charge is 0.394 e. The summed E-state index contributed by atoms with van der Waals surface area (Å²) in [5.41, 5.74) is 0. The van der Waals surface area contributed by atoms with E-state index in [1.165, 1.54) is 0 Å². The first-order valence-electron chi connectivity index (χ1n) is 24.7. The zero-order valence-electron chi connectivity index (χ0n) is 40.8. The molecule has 0 radical (unpaired) electrons. The van der Waals surface area contributed by atoms with E-state index in [9.17, 15) is 117 Å². The van der Waals surface area contributed by atoms with Gasteiger partial charge in [0, 0.05) is 0 Å². The quantitative estimate of drug-likeness (QED) is 0.0571. The van der Waals surface area contributed by atoms with Crippen molar-refractivity contribution in [3.63, 3.8) is 0 Å². The third-order valence-electron chi connectivity index (χ3n) is 14.5. The molecule has 0 spiro atoms. The Bertz CT molecular complexity index is 1810. The average Bonchev–Trinajstić information content (AvgIpc) is 3.46. The van der Waals surface area contributed by atoms with Gasteiger partial charge in [-0.15, -0.1) is 0 Å². The molecule has 0 aromatic heterocycles. The van der Waals surface area contributed by atoms with Gasteiger partial charge in [0.05, 0.1) is 46.2 Å². The minimum absolute atomic E-state index is 0.834. The Hall–Kier alpha value is -1.44. The van der Waals surface area contributed by atoms with E-state index in [1.807, 2.05) is 0 Å². The van der Waals surface area contributed by atoms with Crippen LogP contribution in [0.3, 0.4) is 0 Å². The minimum atomic E-state index is -2.21. The lowest BCUT2D eigenvalue weighted by molar-refractivity contribution is -0.394. The van der Waals surface area contributed by atoms with E-state index in [4.69, 9.17) is 61.6 Å². The summed E-state index contributed by atoms with van der Waals surface area (Å²) in [4.78, 5) is 0. The second kappa shape index (κ2) is 27.5. The highest BCUT2D eigenvalue weighted by molar-refractivity contribution is 5.00. The van der Waals surface area contributed by atoms with Crippen molar-refractivity contribution in [1.82, 2.24) is 0 Å². The summed E-state index contributed by atoms with van der Waals surface area (Å²) in [6.07, 6.45) is -66.8. The highest BCUT2D eigenvalue weighted by atomic mass is 16.8. The summed E-state index contributed by atoms with van der Waals surface area (Å²) in [6, 6.07) is 0. The predicted octanol–water partition coefficient (Wildman–Crippen LogP) is -16.3. The molecule has 7 fully saturated rings. The maximum atomic E-state index is 11.3. The van der Waals surface area contributed by atoms with Gasteiger partial charge in [0.25, 0.3) is 0 Å². The second-order valence-corrected chi connectivity index (χ2v) is 19.6. The average molecular weight is 1150 g/mol. The van der Waals surface area contributed by atoms with Gasteiger partial charge in [-0.1, -0.05) is 0 Å². The number of hydrogen-bond acceptors (Lipinski definition) is 36. The van der Waals surface area contributed by atoms with Crippen LogP contribution >= 0.6 is 0 Å². The topological polar surface area (TPSA) is 585 Å². The summed E-state index contributed by atoms with van der Waals surface area (Å²) in [5, 5.41) is 242. The van der Waals surface area contributed by atoms with Crippen LogP contribution in [0.4, 0.5) is 0 Å². The molecule has 7 saturated heterocycles. The van der Waals surface area contributed by atoms with Crippen LogP contribution in [-0.2, 0) is 61.6 Å². The first-order chi connectivity index (χ1) is 37.0. The van der Waals surface area contributed by atoms with Crippen molar-refractivity contribution in [2.24, 2.45) is 0 Å². The lowest BCUT2D eigenvalue weighted by atomic mass is 9.95. The Labute approximate surface area is 439 Å². The smallest absolute Gasteiger partial charge is 0.187 e. The molecular formula is C42H72O36. The Morgan fingerprint density at radius 1 is 0.218 bits per heavy atom. The summed E-state index contributed by atoms with van der Waals surface area (Å²) < 4.78 is 71.8. The summed E-state index contributed by atoms with van der Waals surface area (Å²) in [6.45, 7) is -6.63. The van der Waals surface area contributed by atoms with Gasteiger partial charge in [-0.2, -0.15) is 0 Å². The Morgan fingerprint density at radius 3 is 0.769 bits per heavy atom. The van der Waals surface area contributed by atoms with Crippen molar-refractivity contribution in [3.05, 3.63) is 0 Å². The van der Waals surface area contributed by atoms with Crippen molar-refractivity contribution in [1.29, 1.82) is 0 Å².